The molecule has 10 heteroatoms. The highest BCUT2D eigenvalue weighted by atomic mass is 16.5. The average molecular weight is 602 g/mol. The molecule has 1 N–H and O–H groups in total. The van der Waals surface area contributed by atoms with E-state index in [1.54, 1.807) is 24.9 Å². The van der Waals surface area contributed by atoms with E-state index in [9.17, 15) is 14.7 Å². The van der Waals surface area contributed by atoms with Crippen LogP contribution in [0.1, 0.15) is 58.3 Å². The second kappa shape index (κ2) is 13.8. The highest BCUT2D eigenvalue weighted by Gasteiger charge is 2.33. The summed E-state index contributed by atoms with van der Waals surface area (Å²) in [5.74, 6) is 1.49. The molecule has 2 aromatic heterocycles. The van der Waals surface area contributed by atoms with Crippen molar-refractivity contribution in [1.29, 1.82) is 0 Å². The highest BCUT2D eigenvalue weighted by Crippen LogP contribution is 2.39. The van der Waals surface area contributed by atoms with E-state index in [1.807, 2.05) is 42.5 Å². The summed E-state index contributed by atoms with van der Waals surface area (Å²) in [6.07, 6.45) is 3.23. The smallest absolute Gasteiger partial charge is 0.347 e. The van der Waals surface area contributed by atoms with Crippen LogP contribution < -0.4 is 19.8 Å². The first-order valence-electron chi connectivity index (χ1n) is 14.9. The minimum atomic E-state index is -0.761. The van der Waals surface area contributed by atoms with Gasteiger partial charge in [-0.3, -0.25) is 4.79 Å². The van der Waals surface area contributed by atoms with Crippen LogP contribution in [0.4, 0.5) is 0 Å². The first kappa shape index (κ1) is 30.9. The lowest BCUT2D eigenvalue weighted by atomic mass is 10.0. The predicted octanol–water partition coefficient (Wildman–Crippen LogP) is 4.58. The molecule has 0 fully saturated rings. The summed E-state index contributed by atoms with van der Waals surface area (Å²) in [5.41, 5.74) is 4.02. The Morgan fingerprint density at radius 1 is 1.02 bits per heavy atom. The lowest BCUT2D eigenvalue weighted by Crippen LogP contribution is -2.31. The van der Waals surface area contributed by atoms with Crippen LogP contribution in [0.3, 0.4) is 0 Å². The van der Waals surface area contributed by atoms with Gasteiger partial charge in [-0.1, -0.05) is 30.3 Å². The molecule has 0 saturated heterocycles. The number of ether oxygens (including phenoxy) is 4. The Bertz CT molecular complexity index is 1690. The molecule has 0 amide bonds. The molecule has 10 nitrogen and oxygen atoms in total. The zero-order valence-electron chi connectivity index (χ0n) is 25.7. The summed E-state index contributed by atoms with van der Waals surface area (Å²) in [6, 6.07) is 15.0. The molecule has 0 spiro atoms. The number of aromatic nitrogens is 3. The molecular weight excluding hydrogens is 562 g/mol. The number of aryl methyl sites for hydroxylation is 1. The number of rotatable bonds is 12. The number of benzene rings is 2. The van der Waals surface area contributed by atoms with E-state index in [4.69, 9.17) is 23.9 Å². The van der Waals surface area contributed by atoms with Crippen LogP contribution in [0.2, 0.25) is 0 Å². The monoisotopic (exact) mass is 601 g/mol. The van der Waals surface area contributed by atoms with Gasteiger partial charge >= 0.3 is 5.97 Å². The maximum Gasteiger partial charge on any atom is 0.347 e. The van der Waals surface area contributed by atoms with Crippen LogP contribution >= 0.6 is 0 Å². The maximum absolute atomic E-state index is 14.5. The number of aliphatic hydroxyl groups is 1. The molecule has 2 aromatic carbocycles. The van der Waals surface area contributed by atoms with Crippen molar-refractivity contribution in [3.05, 3.63) is 92.7 Å². The van der Waals surface area contributed by atoms with E-state index in [-0.39, 0.29) is 31.1 Å². The Kier molecular flexibility index (Phi) is 9.69. The van der Waals surface area contributed by atoms with Gasteiger partial charge in [0.05, 0.1) is 33.6 Å². The summed E-state index contributed by atoms with van der Waals surface area (Å²) in [4.78, 5) is 32.9. The molecule has 2 heterocycles. The lowest BCUT2D eigenvalue weighted by Gasteiger charge is -2.22. The van der Waals surface area contributed by atoms with E-state index in [2.05, 4.69) is 11.5 Å². The molecule has 0 saturated carbocycles. The fourth-order valence-corrected chi connectivity index (χ4v) is 5.95. The Labute approximate surface area is 256 Å². The second-order valence-electron chi connectivity index (χ2n) is 10.6. The third-order valence-corrected chi connectivity index (χ3v) is 8.05. The topological polar surface area (TPSA) is 114 Å². The first-order valence-corrected chi connectivity index (χ1v) is 14.9. The lowest BCUT2D eigenvalue weighted by molar-refractivity contribution is 0.0592. The molecular formula is C34H39N3O7. The van der Waals surface area contributed by atoms with Crippen LogP contribution in [0.25, 0.3) is 11.4 Å². The average Bonchev–Trinajstić information content (AvgIpc) is 3.30. The van der Waals surface area contributed by atoms with Crippen molar-refractivity contribution in [2.24, 2.45) is 0 Å². The van der Waals surface area contributed by atoms with Gasteiger partial charge in [-0.15, -0.1) is 0 Å². The van der Waals surface area contributed by atoms with Gasteiger partial charge in [0.15, 0.2) is 5.56 Å². The number of nitrogens with zero attached hydrogens (tertiary/aromatic N) is 3. The van der Waals surface area contributed by atoms with Crippen LogP contribution in [-0.2, 0) is 43.7 Å². The molecule has 232 valence electrons. The number of fused-ring (bicyclic) bond motifs is 3. The first-order chi connectivity index (χ1) is 21.4. The van der Waals surface area contributed by atoms with Crippen molar-refractivity contribution in [1.82, 2.24) is 14.1 Å². The van der Waals surface area contributed by atoms with Crippen LogP contribution in [-0.4, -0.2) is 53.1 Å². The van der Waals surface area contributed by atoms with E-state index in [1.165, 1.54) is 7.11 Å². The molecule has 44 heavy (non-hydrogen) atoms. The fourth-order valence-electron chi connectivity index (χ4n) is 5.95. The highest BCUT2D eigenvalue weighted by molar-refractivity contribution is 5.93. The van der Waals surface area contributed by atoms with Gasteiger partial charge in [-0.25, -0.2) is 9.78 Å². The maximum atomic E-state index is 14.5. The summed E-state index contributed by atoms with van der Waals surface area (Å²) in [7, 11) is 4.41. The normalized spacial score (nSPS) is 12.2. The van der Waals surface area contributed by atoms with Crippen molar-refractivity contribution >= 4 is 5.97 Å². The summed E-state index contributed by atoms with van der Waals surface area (Å²) in [6.45, 7) is 3.11. The van der Waals surface area contributed by atoms with E-state index in [0.717, 1.165) is 41.1 Å². The molecule has 1 aliphatic rings. The Balaban J connectivity index is 1.80. The van der Waals surface area contributed by atoms with Gasteiger partial charge < -0.3 is 33.2 Å². The number of hydrogen-bond acceptors (Lipinski definition) is 8. The number of esters is 1. The van der Waals surface area contributed by atoms with E-state index >= 15 is 0 Å². The number of methoxy groups -OCH3 is 3. The van der Waals surface area contributed by atoms with Crippen LogP contribution in [0.5, 0.6) is 17.2 Å². The molecule has 5 rings (SSSR count). The Hall–Kier alpha value is -4.57. The van der Waals surface area contributed by atoms with E-state index < -0.39 is 11.5 Å². The van der Waals surface area contributed by atoms with Crippen molar-refractivity contribution in [3.63, 3.8) is 0 Å². The minimum absolute atomic E-state index is 0.0553. The molecule has 0 radical (unpaired) electrons. The van der Waals surface area contributed by atoms with Crippen LogP contribution in [0, 0.1) is 0 Å². The summed E-state index contributed by atoms with van der Waals surface area (Å²) in [5, 5.41) is 9.56. The zero-order valence-corrected chi connectivity index (χ0v) is 25.7. The number of imidazole rings is 1. The van der Waals surface area contributed by atoms with E-state index in [0.29, 0.717) is 48.7 Å². The summed E-state index contributed by atoms with van der Waals surface area (Å²) >= 11 is 0. The zero-order chi connectivity index (χ0) is 31.2. The third-order valence-electron chi connectivity index (χ3n) is 8.05. The quantitative estimate of drug-likeness (QED) is 0.235. The van der Waals surface area contributed by atoms with Crippen LogP contribution in [0.15, 0.2) is 53.3 Å². The number of carbonyl (C=O) groups is 1. The Morgan fingerprint density at radius 3 is 2.50 bits per heavy atom. The molecule has 0 aliphatic heterocycles. The summed E-state index contributed by atoms with van der Waals surface area (Å²) < 4.78 is 26.4. The molecule has 1 aliphatic carbocycles. The van der Waals surface area contributed by atoms with Gasteiger partial charge in [-0.05, 0) is 50.3 Å². The SMILES string of the molecule is CCn1c(CCCO)nc2c1CCCc1c(OCc3ccccc3)c(C(=O)OC)c(=O)n(Cc3ccc(OC)cc3OC)c1-2. The van der Waals surface area contributed by atoms with Crippen molar-refractivity contribution in [2.45, 2.75) is 58.7 Å². The number of hydrogen-bond donors (Lipinski definition) is 1. The fraction of sp³-hybridized carbons (Fsp3) is 0.382. The molecule has 4 aromatic rings. The molecule has 0 bridgehead atoms. The number of pyridine rings is 1. The van der Waals surface area contributed by atoms with Crippen molar-refractivity contribution in [3.8, 4) is 28.6 Å². The number of aliphatic hydroxyl groups excluding tert-OH is 1. The van der Waals surface area contributed by atoms with Gasteiger partial charge in [0.2, 0.25) is 0 Å². The largest absolute Gasteiger partial charge is 0.497 e. The standard InChI is InChI=1S/C34H39N3O7/c1-5-36-26-14-9-13-25-31(30(26)35-28(36)15-10-18-38)37(20-23-16-17-24(41-2)19-27(23)42-3)33(39)29(34(40)43-4)32(25)44-21-22-11-7-6-8-12-22/h6-8,11-12,16-17,19,38H,5,9-10,13-15,18,20-21H2,1-4H3. The second-order valence-corrected chi connectivity index (χ2v) is 10.6. The molecule has 0 atom stereocenters. The van der Waals surface area contributed by atoms with Gasteiger partial charge in [0.1, 0.15) is 35.4 Å². The minimum Gasteiger partial charge on any atom is -0.497 e. The van der Waals surface area contributed by atoms with Gasteiger partial charge in [-0.2, -0.15) is 0 Å². The number of carbonyl (C=O) groups excluding carboxylic acids is 1. The van der Waals surface area contributed by atoms with Gasteiger partial charge in [0, 0.05) is 42.5 Å². The molecule has 0 unspecified atom stereocenters. The predicted molar refractivity (Wildman–Crippen MR) is 166 cm³/mol. The third kappa shape index (κ3) is 5.94. The van der Waals surface area contributed by atoms with Gasteiger partial charge in [0.25, 0.3) is 5.56 Å². The Morgan fingerprint density at radius 2 is 1.82 bits per heavy atom. The van der Waals surface area contributed by atoms with Crippen molar-refractivity contribution in [2.75, 3.05) is 27.9 Å². The van der Waals surface area contributed by atoms with Crippen molar-refractivity contribution < 1.29 is 28.8 Å².